The molecule has 2 heterocycles. The molecular weight excluding hydrogens is 228 g/mol. The minimum atomic E-state index is -0.878. The first kappa shape index (κ1) is 10.7. The van der Waals surface area contributed by atoms with Gasteiger partial charge in [0.25, 0.3) is 0 Å². The van der Waals surface area contributed by atoms with Gasteiger partial charge in [0.15, 0.2) is 5.13 Å². The summed E-state index contributed by atoms with van der Waals surface area (Å²) in [6.07, 6.45) is 0.667. The highest BCUT2D eigenvalue weighted by Crippen LogP contribution is 2.22. The summed E-state index contributed by atoms with van der Waals surface area (Å²) in [5.74, 6) is 0. The Morgan fingerprint density at radius 2 is 2.19 bits per heavy atom. The van der Waals surface area contributed by atoms with Crippen molar-refractivity contribution in [3.05, 3.63) is 11.1 Å². The SMILES string of the molecule is N#Cc1cnc(N2CCN(C(=O)O)CC2)s1. The summed E-state index contributed by atoms with van der Waals surface area (Å²) in [5, 5.41) is 18.3. The van der Waals surface area contributed by atoms with E-state index in [2.05, 4.69) is 4.98 Å². The lowest BCUT2D eigenvalue weighted by Gasteiger charge is -2.32. The normalized spacial score (nSPS) is 15.9. The third kappa shape index (κ3) is 2.06. The molecule has 2 rings (SSSR count). The standard InChI is InChI=1S/C9H10N4O2S/c10-5-7-6-11-8(16-7)12-1-3-13(4-2-12)9(14)15/h6H,1-4H2,(H,14,15). The number of carboxylic acid groups (broad SMARTS) is 1. The third-order valence-electron chi connectivity index (χ3n) is 2.42. The molecule has 6 nitrogen and oxygen atoms in total. The van der Waals surface area contributed by atoms with E-state index >= 15 is 0 Å². The van der Waals surface area contributed by atoms with Crippen molar-refractivity contribution in [2.45, 2.75) is 0 Å². The topological polar surface area (TPSA) is 80.5 Å². The number of nitriles is 1. The summed E-state index contributed by atoms with van der Waals surface area (Å²) in [6, 6.07) is 2.04. The van der Waals surface area contributed by atoms with Gasteiger partial charge in [0.2, 0.25) is 0 Å². The Morgan fingerprint density at radius 3 is 2.69 bits per heavy atom. The molecule has 0 aromatic carbocycles. The maximum Gasteiger partial charge on any atom is 0.407 e. The number of piperazine rings is 1. The summed E-state index contributed by atoms with van der Waals surface area (Å²) >= 11 is 1.34. The van der Waals surface area contributed by atoms with Gasteiger partial charge < -0.3 is 14.9 Å². The monoisotopic (exact) mass is 238 g/mol. The second kappa shape index (κ2) is 4.37. The van der Waals surface area contributed by atoms with Gasteiger partial charge in [0.05, 0.1) is 6.20 Å². The highest BCUT2D eigenvalue weighted by atomic mass is 32.1. The molecule has 1 aliphatic heterocycles. The lowest BCUT2D eigenvalue weighted by atomic mass is 10.3. The van der Waals surface area contributed by atoms with Gasteiger partial charge in [-0.2, -0.15) is 5.26 Å². The fourth-order valence-electron chi connectivity index (χ4n) is 1.55. The van der Waals surface area contributed by atoms with E-state index in [4.69, 9.17) is 10.4 Å². The highest BCUT2D eigenvalue weighted by molar-refractivity contribution is 7.16. The van der Waals surface area contributed by atoms with Crippen LogP contribution in [-0.2, 0) is 0 Å². The van der Waals surface area contributed by atoms with E-state index in [1.807, 2.05) is 11.0 Å². The molecule has 0 bridgehead atoms. The van der Waals surface area contributed by atoms with Crippen LogP contribution in [0.15, 0.2) is 6.20 Å². The van der Waals surface area contributed by atoms with Crippen LogP contribution in [0.25, 0.3) is 0 Å². The zero-order chi connectivity index (χ0) is 11.5. The summed E-state index contributed by atoms with van der Waals surface area (Å²) in [7, 11) is 0. The number of anilines is 1. The number of rotatable bonds is 1. The molecule has 1 aromatic heterocycles. The van der Waals surface area contributed by atoms with Gasteiger partial charge in [-0.1, -0.05) is 11.3 Å². The molecule has 0 aliphatic carbocycles. The summed E-state index contributed by atoms with van der Waals surface area (Å²) in [6.45, 7) is 2.23. The Hall–Kier alpha value is -1.81. The van der Waals surface area contributed by atoms with Crippen LogP contribution in [-0.4, -0.2) is 47.3 Å². The smallest absolute Gasteiger partial charge is 0.407 e. The van der Waals surface area contributed by atoms with E-state index in [1.54, 1.807) is 6.20 Å². The van der Waals surface area contributed by atoms with Gasteiger partial charge in [-0.3, -0.25) is 0 Å². The maximum absolute atomic E-state index is 10.7. The van der Waals surface area contributed by atoms with Gasteiger partial charge in [-0.15, -0.1) is 0 Å². The van der Waals surface area contributed by atoms with Crippen molar-refractivity contribution in [1.29, 1.82) is 5.26 Å². The van der Waals surface area contributed by atoms with Gasteiger partial charge >= 0.3 is 6.09 Å². The van der Waals surface area contributed by atoms with Crippen LogP contribution in [0.2, 0.25) is 0 Å². The minimum absolute atomic E-state index is 0.483. The summed E-state index contributed by atoms with van der Waals surface area (Å²) in [5.41, 5.74) is 0. The van der Waals surface area contributed by atoms with Crippen molar-refractivity contribution in [2.75, 3.05) is 31.1 Å². The van der Waals surface area contributed by atoms with E-state index in [9.17, 15) is 4.79 Å². The lowest BCUT2D eigenvalue weighted by Crippen LogP contribution is -2.48. The van der Waals surface area contributed by atoms with Crippen LogP contribution in [0.5, 0.6) is 0 Å². The van der Waals surface area contributed by atoms with Gasteiger partial charge in [0, 0.05) is 26.2 Å². The molecular formula is C9H10N4O2S. The quantitative estimate of drug-likeness (QED) is 0.783. The van der Waals surface area contributed by atoms with Crippen molar-refractivity contribution in [1.82, 2.24) is 9.88 Å². The number of hydrogen-bond acceptors (Lipinski definition) is 5. The van der Waals surface area contributed by atoms with Gasteiger partial charge in [-0.25, -0.2) is 9.78 Å². The molecule has 1 fully saturated rings. The highest BCUT2D eigenvalue weighted by Gasteiger charge is 2.22. The predicted octanol–water partition coefficient (Wildman–Crippen LogP) is 0.815. The van der Waals surface area contributed by atoms with Crippen LogP contribution in [0, 0.1) is 11.3 Å². The van der Waals surface area contributed by atoms with E-state index in [-0.39, 0.29) is 0 Å². The number of nitrogens with zero attached hydrogens (tertiary/aromatic N) is 4. The summed E-state index contributed by atoms with van der Waals surface area (Å²) in [4.78, 5) is 18.8. The molecule has 0 saturated carbocycles. The van der Waals surface area contributed by atoms with Crippen LogP contribution >= 0.6 is 11.3 Å². The molecule has 1 amide bonds. The van der Waals surface area contributed by atoms with E-state index in [0.29, 0.717) is 31.1 Å². The molecule has 0 atom stereocenters. The molecule has 0 radical (unpaired) electrons. The van der Waals surface area contributed by atoms with Crippen molar-refractivity contribution in [2.24, 2.45) is 0 Å². The number of hydrogen-bond donors (Lipinski definition) is 1. The summed E-state index contributed by atoms with van der Waals surface area (Å²) < 4.78 is 0. The average molecular weight is 238 g/mol. The Kier molecular flexibility index (Phi) is 2.92. The largest absolute Gasteiger partial charge is 0.465 e. The molecule has 0 spiro atoms. The maximum atomic E-state index is 10.7. The fraction of sp³-hybridized carbons (Fsp3) is 0.444. The van der Waals surface area contributed by atoms with Gasteiger partial charge in [0.1, 0.15) is 10.9 Å². The second-order valence-corrected chi connectivity index (χ2v) is 4.38. The van der Waals surface area contributed by atoms with Crippen LogP contribution in [0.3, 0.4) is 0 Å². The van der Waals surface area contributed by atoms with Crippen LogP contribution < -0.4 is 4.90 Å². The van der Waals surface area contributed by atoms with Crippen LogP contribution in [0.4, 0.5) is 9.93 Å². The van der Waals surface area contributed by atoms with Crippen molar-refractivity contribution >= 4 is 22.6 Å². The van der Waals surface area contributed by atoms with E-state index < -0.39 is 6.09 Å². The average Bonchev–Trinajstić information content (AvgIpc) is 2.77. The Labute approximate surface area is 96.3 Å². The Balaban J connectivity index is 1.99. The third-order valence-corrected chi connectivity index (χ3v) is 3.39. The molecule has 1 N–H and O–H groups in total. The first-order valence-electron chi connectivity index (χ1n) is 4.79. The first-order chi connectivity index (χ1) is 7.70. The predicted molar refractivity (Wildman–Crippen MR) is 58.6 cm³/mol. The molecule has 1 aliphatic rings. The first-order valence-corrected chi connectivity index (χ1v) is 5.61. The number of carbonyl (C=O) groups is 1. The van der Waals surface area contributed by atoms with Gasteiger partial charge in [-0.05, 0) is 0 Å². The number of aromatic nitrogens is 1. The Morgan fingerprint density at radius 1 is 1.50 bits per heavy atom. The van der Waals surface area contributed by atoms with Crippen LogP contribution in [0.1, 0.15) is 4.88 Å². The molecule has 84 valence electrons. The molecule has 16 heavy (non-hydrogen) atoms. The fourth-order valence-corrected chi connectivity index (χ4v) is 2.32. The molecule has 1 aromatic rings. The number of thiazole rings is 1. The second-order valence-electron chi connectivity index (χ2n) is 3.38. The number of amides is 1. The van der Waals surface area contributed by atoms with Crippen molar-refractivity contribution in [3.63, 3.8) is 0 Å². The minimum Gasteiger partial charge on any atom is -0.465 e. The zero-order valence-corrected chi connectivity index (χ0v) is 9.27. The van der Waals surface area contributed by atoms with E-state index in [1.165, 1.54) is 16.2 Å². The van der Waals surface area contributed by atoms with Crippen molar-refractivity contribution < 1.29 is 9.90 Å². The lowest BCUT2D eigenvalue weighted by molar-refractivity contribution is 0.142. The van der Waals surface area contributed by atoms with E-state index in [0.717, 1.165) is 5.13 Å². The Bertz CT molecular complexity index is 431. The molecule has 7 heteroatoms. The zero-order valence-electron chi connectivity index (χ0n) is 8.46. The molecule has 0 unspecified atom stereocenters. The van der Waals surface area contributed by atoms with Crippen molar-refractivity contribution in [3.8, 4) is 6.07 Å². The molecule has 1 saturated heterocycles.